The predicted molar refractivity (Wildman–Crippen MR) is 121 cm³/mol. The van der Waals surface area contributed by atoms with E-state index in [1.54, 1.807) is 12.1 Å². The van der Waals surface area contributed by atoms with Gasteiger partial charge in [-0.3, -0.25) is 4.79 Å². The summed E-state index contributed by atoms with van der Waals surface area (Å²) >= 11 is 0. The zero-order chi connectivity index (χ0) is 21.0. The van der Waals surface area contributed by atoms with Crippen LogP contribution in [0.1, 0.15) is 5.56 Å². The zero-order valence-corrected chi connectivity index (χ0v) is 16.8. The molecular formula is C25H26N2O3. The first-order chi connectivity index (χ1) is 14.7. The molecule has 154 valence electrons. The van der Waals surface area contributed by atoms with Crippen LogP contribution in [0.4, 0.5) is 11.4 Å². The third kappa shape index (κ3) is 7.02. The summed E-state index contributed by atoms with van der Waals surface area (Å²) < 4.78 is 11.3. The van der Waals surface area contributed by atoms with Gasteiger partial charge in [0.25, 0.3) is 0 Å². The molecule has 0 fully saturated rings. The molecule has 0 spiro atoms. The number of amides is 1. The van der Waals surface area contributed by atoms with Gasteiger partial charge in [0.1, 0.15) is 18.1 Å². The average molecular weight is 402 g/mol. The molecule has 0 saturated carbocycles. The fourth-order valence-corrected chi connectivity index (χ4v) is 2.81. The molecule has 5 heteroatoms. The van der Waals surface area contributed by atoms with Crippen molar-refractivity contribution < 1.29 is 14.3 Å². The Morgan fingerprint density at radius 2 is 1.67 bits per heavy atom. The predicted octanol–water partition coefficient (Wildman–Crippen LogP) is 4.92. The van der Waals surface area contributed by atoms with Crippen molar-refractivity contribution >= 4 is 17.3 Å². The van der Waals surface area contributed by atoms with Crippen LogP contribution < -0.4 is 20.1 Å². The van der Waals surface area contributed by atoms with Crippen molar-refractivity contribution in [3.05, 3.63) is 97.1 Å². The first-order valence-electron chi connectivity index (χ1n) is 9.87. The molecule has 0 saturated heterocycles. The van der Waals surface area contributed by atoms with Gasteiger partial charge in [-0.2, -0.15) is 0 Å². The maximum atomic E-state index is 12.2. The lowest BCUT2D eigenvalue weighted by Gasteiger charge is -2.10. The van der Waals surface area contributed by atoms with Crippen LogP contribution >= 0.6 is 0 Å². The van der Waals surface area contributed by atoms with Crippen LogP contribution in [-0.2, 0) is 11.2 Å². The highest BCUT2D eigenvalue weighted by Gasteiger charge is 2.04. The van der Waals surface area contributed by atoms with Crippen molar-refractivity contribution in [2.75, 3.05) is 30.4 Å². The lowest BCUT2D eigenvalue weighted by molar-refractivity contribution is -0.114. The first kappa shape index (κ1) is 21.0. The molecule has 0 aliphatic heterocycles. The molecule has 5 nitrogen and oxygen atoms in total. The quantitative estimate of drug-likeness (QED) is 0.447. The summed E-state index contributed by atoms with van der Waals surface area (Å²) in [6.45, 7) is 4.82. The number of ether oxygens (including phenoxy) is 2. The van der Waals surface area contributed by atoms with E-state index in [-0.39, 0.29) is 12.5 Å². The fraction of sp³-hybridized carbons (Fsp3) is 0.160. The second-order valence-corrected chi connectivity index (χ2v) is 6.64. The molecule has 0 radical (unpaired) electrons. The van der Waals surface area contributed by atoms with E-state index in [1.165, 1.54) is 5.56 Å². The van der Waals surface area contributed by atoms with E-state index in [4.69, 9.17) is 9.47 Å². The van der Waals surface area contributed by atoms with Crippen LogP contribution in [0.3, 0.4) is 0 Å². The number of rotatable bonds is 11. The summed E-state index contributed by atoms with van der Waals surface area (Å²) in [5, 5.41) is 5.96. The summed E-state index contributed by atoms with van der Waals surface area (Å²) in [6.07, 6.45) is 2.54. The van der Waals surface area contributed by atoms with Gasteiger partial charge in [0.05, 0.1) is 13.2 Å². The van der Waals surface area contributed by atoms with Crippen LogP contribution in [0, 0.1) is 0 Å². The number of benzene rings is 3. The van der Waals surface area contributed by atoms with Crippen LogP contribution in [0.15, 0.2) is 91.5 Å². The van der Waals surface area contributed by atoms with Crippen molar-refractivity contribution in [1.82, 2.24) is 0 Å². The number of carbonyl (C=O) groups is 1. The van der Waals surface area contributed by atoms with E-state index in [0.29, 0.717) is 24.7 Å². The molecule has 0 heterocycles. The number of hydrogen-bond acceptors (Lipinski definition) is 4. The molecule has 3 aromatic rings. The molecule has 0 aliphatic carbocycles. The Balaban J connectivity index is 1.41. The monoisotopic (exact) mass is 402 g/mol. The molecule has 3 aromatic carbocycles. The highest BCUT2D eigenvalue weighted by molar-refractivity contribution is 5.93. The van der Waals surface area contributed by atoms with Gasteiger partial charge in [0, 0.05) is 23.9 Å². The third-order valence-corrected chi connectivity index (χ3v) is 4.30. The molecule has 0 atom stereocenters. The molecular weight excluding hydrogens is 376 g/mol. The number of nitrogens with one attached hydrogen (secondary N) is 2. The van der Waals surface area contributed by atoms with E-state index >= 15 is 0 Å². The van der Waals surface area contributed by atoms with Crippen molar-refractivity contribution in [1.29, 1.82) is 0 Å². The van der Waals surface area contributed by atoms with E-state index in [2.05, 4.69) is 29.3 Å². The van der Waals surface area contributed by atoms with Gasteiger partial charge in [0.15, 0.2) is 0 Å². The van der Waals surface area contributed by atoms with Gasteiger partial charge in [-0.05, 0) is 42.0 Å². The van der Waals surface area contributed by atoms with Gasteiger partial charge in [-0.1, -0.05) is 49.1 Å². The van der Waals surface area contributed by atoms with Gasteiger partial charge in [-0.15, -0.1) is 0 Å². The first-order valence-corrected chi connectivity index (χ1v) is 9.87. The summed E-state index contributed by atoms with van der Waals surface area (Å²) in [4.78, 5) is 12.2. The third-order valence-electron chi connectivity index (χ3n) is 4.30. The minimum Gasteiger partial charge on any atom is -0.493 e. The zero-order valence-electron chi connectivity index (χ0n) is 16.8. The molecule has 0 aliphatic rings. The lowest BCUT2D eigenvalue weighted by atomic mass is 10.2. The summed E-state index contributed by atoms with van der Waals surface area (Å²) in [5.74, 6) is 1.35. The number of hydrogen-bond donors (Lipinski definition) is 2. The minimum atomic E-state index is -0.140. The molecule has 3 rings (SSSR count). The van der Waals surface area contributed by atoms with E-state index in [0.717, 1.165) is 17.9 Å². The van der Waals surface area contributed by atoms with Gasteiger partial charge in [-0.25, -0.2) is 0 Å². The topological polar surface area (TPSA) is 59.6 Å². The molecule has 1 amide bonds. The lowest BCUT2D eigenvalue weighted by Crippen LogP contribution is -2.21. The molecule has 0 unspecified atom stereocenters. The Labute approximate surface area is 177 Å². The fourth-order valence-electron chi connectivity index (χ4n) is 2.81. The Morgan fingerprint density at radius 1 is 0.867 bits per heavy atom. The Bertz CT molecular complexity index is 940. The van der Waals surface area contributed by atoms with Crippen LogP contribution in [0.25, 0.3) is 0 Å². The maximum absolute atomic E-state index is 12.2. The number of carbonyl (C=O) groups excluding carboxylic acids is 1. The Morgan fingerprint density at radius 3 is 2.43 bits per heavy atom. The molecule has 30 heavy (non-hydrogen) atoms. The second-order valence-electron chi connectivity index (χ2n) is 6.64. The van der Waals surface area contributed by atoms with Crippen LogP contribution in [-0.4, -0.2) is 25.7 Å². The normalized spacial score (nSPS) is 10.1. The van der Waals surface area contributed by atoms with Crippen molar-refractivity contribution in [2.45, 2.75) is 6.42 Å². The van der Waals surface area contributed by atoms with E-state index in [1.807, 2.05) is 60.7 Å². The minimum absolute atomic E-state index is 0.140. The van der Waals surface area contributed by atoms with Crippen LogP contribution in [0.5, 0.6) is 11.5 Å². The average Bonchev–Trinajstić information content (AvgIpc) is 2.78. The summed E-state index contributed by atoms with van der Waals surface area (Å²) in [7, 11) is 0. The summed E-state index contributed by atoms with van der Waals surface area (Å²) in [6, 6.07) is 25.1. The van der Waals surface area contributed by atoms with Crippen molar-refractivity contribution in [2.24, 2.45) is 0 Å². The van der Waals surface area contributed by atoms with Crippen LogP contribution in [0.2, 0.25) is 0 Å². The van der Waals surface area contributed by atoms with Crippen molar-refractivity contribution in [3.8, 4) is 11.5 Å². The smallest absolute Gasteiger partial charge is 0.243 e. The Kier molecular flexibility index (Phi) is 7.92. The highest BCUT2D eigenvalue weighted by atomic mass is 16.5. The standard InChI is InChI=1S/C25H26N2O3/c1-2-16-29-24-10-6-9-22(18-24)27-25(28)19-26-21-11-13-23(14-12-21)30-17-15-20-7-4-3-5-8-20/h2-14,18,26H,1,15-17,19H2,(H,27,28). The SMILES string of the molecule is C=CCOc1cccc(NC(=O)CNc2ccc(OCCc3ccccc3)cc2)c1. The molecule has 2 N–H and O–H groups in total. The van der Waals surface area contributed by atoms with Gasteiger partial charge in [0.2, 0.25) is 5.91 Å². The molecule has 0 aromatic heterocycles. The van der Waals surface area contributed by atoms with Crippen molar-refractivity contribution in [3.63, 3.8) is 0 Å². The molecule has 0 bridgehead atoms. The van der Waals surface area contributed by atoms with E-state index in [9.17, 15) is 4.79 Å². The van der Waals surface area contributed by atoms with E-state index < -0.39 is 0 Å². The second kappa shape index (κ2) is 11.3. The maximum Gasteiger partial charge on any atom is 0.243 e. The van der Waals surface area contributed by atoms with Gasteiger partial charge >= 0.3 is 0 Å². The van der Waals surface area contributed by atoms with Gasteiger partial charge < -0.3 is 20.1 Å². The summed E-state index contributed by atoms with van der Waals surface area (Å²) in [5.41, 5.74) is 2.79. The Hall–Kier alpha value is -3.73. The largest absolute Gasteiger partial charge is 0.493 e. The number of anilines is 2. The highest BCUT2D eigenvalue weighted by Crippen LogP contribution is 2.18.